The molecular weight excluding hydrogens is 392 g/mol. The van der Waals surface area contributed by atoms with Gasteiger partial charge in [-0.15, -0.1) is 0 Å². The van der Waals surface area contributed by atoms with Crippen molar-refractivity contribution in [3.8, 4) is 11.5 Å². The molecule has 10 heteroatoms. The van der Waals surface area contributed by atoms with E-state index >= 15 is 0 Å². The molecule has 0 aliphatic carbocycles. The molecule has 0 fully saturated rings. The largest absolute Gasteiger partial charge is 0.494 e. The monoisotopic (exact) mass is 408 g/mol. The number of methoxy groups -OCH3 is 1. The van der Waals surface area contributed by atoms with E-state index < -0.39 is 29.5 Å². The highest BCUT2D eigenvalue weighted by molar-refractivity contribution is 6.30. The summed E-state index contributed by atoms with van der Waals surface area (Å²) in [6.07, 6.45) is -0.942. The number of benzene rings is 2. The molecule has 0 aromatic heterocycles. The summed E-state index contributed by atoms with van der Waals surface area (Å²) in [5, 5.41) is 13.8. The Bertz CT molecular complexity index is 871. The molecule has 0 heterocycles. The van der Waals surface area contributed by atoms with E-state index in [1.165, 1.54) is 32.2 Å². The average molecular weight is 409 g/mol. The average Bonchev–Trinajstić information content (AvgIpc) is 2.67. The number of nitrogens with zero attached hydrogens (tertiary/aromatic N) is 1. The first kappa shape index (κ1) is 21.0. The first-order valence-corrected chi connectivity index (χ1v) is 8.39. The number of anilines is 1. The lowest BCUT2D eigenvalue weighted by Crippen LogP contribution is -2.29. The van der Waals surface area contributed by atoms with Crippen LogP contribution in [-0.2, 0) is 14.3 Å². The number of halogens is 1. The highest BCUT2D eigenvalue weighted by Crippen LogP contribution is 2.28. The van der Waals surface area contributed by atoms with Crippen LogP contribution in [0.15, 0.2) is 42.5 Å². The highest BCUT2D eigenvalue weighted by atomic mass is 35.5. The van der Waals surface area contributed by atoms with Gasteiger partial charge in [0.15, 0.2) is 12.7 Å². The lowest BCUT2D eigenvalue weighted by molar-refractivity contribution is -0.384. The Kier molecular flexibility index (Phi) is 7.16. The molecule has 2 aromatic rings. The molecule has 0 radical (unpaired) electrons. The number of carbonyl (C=O) groups is 2. The van der Waals surface area contributed by atoms with Crippen molar-refractivity contribution < 1.29 is 28.7 Å². The zero-order valence-corrected chi connectivity index (χ0v) is 15.8. The number of amides is 1. The van der Waals surface area contributed by atoms with Gasteiger partial charge >= 0.3 is 5.97 Å². The number of nitrogens with one attached hydrogen (secondary N) is 1. The lowest BCUT2D eigenvalue weighted by Gasteiger charge is -2.14. The number of carbonyl (C=O) groups excluding carboxylic acids is 2. The van der Waals surface area contributed by atoms with Crippen molar-refractivity contribution in [3.05, 3.63) is 57.6 Å². The van der Waals surface area contributed by atoms with E-state index in [1.807, 2.05) is 0 Å². The van der Waals surface area contributed by atoms with Gasteiger partial charge in [-0.3, -0.25) is 14.9 Å². The number of nitro groups is 1. The summed E-state index contributed by atoms with van der Waals surface area (Å²) in [5.74, 6) is -0.845. The molecule has 0 spiro atoms. The normalized spacial score (nSPS) is 11.2. The van der Waals surface area contributed by atoms with Gasteiger partial charge in [0.25, 0.3) is 11.6 Å². The minimum atomic E-state index is -0.942. The Morgan fingerprint density at radius 2 is 1.89 bits per heavy atom. The summed E-state index contributed by atoms with van der Waals surface area (Å²) in [4.78, 5) is 34.1. The molecule has 0 saturated heterocycles. The summed E-state index contributed by atoms with van der Waals surface area (Å²) in [5.41, 5.74) is 0.0223. The predicted molar refractivity (Wildman–Crippen MR) is 101 cm³/mol. The second-order valence-electron chi connectivity index (χ2n) is 5.51. The third kappa shape index (κ3) is 5.85. The zero-order chi connectivity index (χ0) is 20.7. The van der Waals surface area contributed by atoms with Crippen LogP contribution < -0.4 is 14.8 Å². The molecule has 148 valence electrons. The second kappa shape index (κ2) is 9.56. The van der Waals surface area contributed by atoms with Crippen molar-refractivity contribution in [1.29, 1.82) is 0 Å². The van der Waals surface area contributed by atoms with Crippen molar-refractivity contribution in [2.75, 3.05) is 19.0 Å². The summed E-state index contributed by atoms with van der Waals surface area (Å²) < 4.78 is 15.3. The molecule has 2 aromatic carbocycles. The topological polar surface area (TPSA) is 117 Å². The molecule has 0 bridgehead atoms. The fourth-order valence-electron chi connectivity index (χ4n) is 2.10. The van der Waals surface area contributed by atoms with Crippen LogP contribution in [0.1, 0.15) is 6.92 Å². The third-order valence-corrected chi connectivity index (χ3v) is 3.73. The summed E-state index contributed by atoms with van der Waals surface area (Å²) in [6.45, 7) is 0.918. The summed E-state index contributed by atoms with van der Waals surface area (Å²) >= 11 is 5.77. The van der Waals surface area contributed by atoms with Gasteiger partial charge < -0.3 is 19.5 Å². The zero-order valence-electron chi connectivity index (χ0n) is 15.0. The Morgan fingerprint density at radius 3 is 2.50 bits per heavy atom. The molecule has 2 rings (SSSR count). The Balaban J connectivity index is 1.88. The summed E-state index contributed by atoms with van der Waals surface area (Å²) in [6, 6.07) is 10.1. The minimum Gasteiger partial charge on any atom is -0.494 e. The van der Waals surface area contributed by atoms with Crippen LogP contribution in [0.4, 0.5) is 11.4 Å². The van der Waals surface area contributed by atoms with Crippen molar-refractivity contribution >= 4 is 34.9 Å². The van der Waals surface area contributed by atoms with Crippen LogP contribution in [0.5, 0.6) is 11.5 Å². The van der Waals surface area contributed by atoms with E-state index in [-0.39, 0.29) is 17.1 Å². The Hall–Kier alpha value is -3.33. The smallest absolute Gasteiger partial charge is 0.347 e. The van der Waals surface area contributed by atoms with Gasteiger partial charge in [-0.25, -0.2) is 4.79 Å². The van der Waals surface area contributed by atoms with Gasteiger partial charge in [0.1, 0.15) is 11.5 Å². The van der Waals surface area contributed by atoms with Crippen LogP contribution in [0.3, 0.4) is 0 Å². The first-order chi connectivity index (χ1) is 13.3. The SMILES string of the molecule is COc1cc([N+](=O)[O-])ccc1NC(=O)COC(=O)[C@@H](C)Oc1ccc(Cl)cc1. The van der Waals surface area contributed by atoms with Gasteiger partial charge in [-0.1, -0.05) is 11.6 Å². The molecule has 1 amide bonds. The van der Waals surface area contributed by atoms with Crippen molar-refractivity contribution in [1.82, 2.24) is 0 Å². The van der Waals surface area contributed by atoms with Gasteiger partial charge in [0.05, 0.1) is 23.8 Å². The molecule has 1 N–H and O–H groups in total. The van der Waals surface area contributed by atoms with Gasteiger partial charge in [-0.2, -0.15) is 0 Å². The summed E-state index contributed by atoms with van der Waals surface area (Å²) in [7, 11) is 1.31. The predicted octanol–water partition coefficient (Wildman–Crippen LogP) is 3.21. The van der Waals surface area contributed by atoms with E-state index in [9.17, 15) is 19.7 Å². The fourth-order valence-corrected chi connectivity index (χ4v) is 2.23. The van der Waals surface area contributed by atoms with Gasteiger partial charge in [-0.05, 0) is 37.3 Å². The maximum atomic E-state index is 12.0. The van der Waals surface area contributed by atoms with Crippen molar-refractivity contribution in [3.63, 3.8) is 0 Å². The number of non-ortho nitro benzene ring substituents is 1. The number of ether oxygens (including phenoxy) is 3. The molecule has 28 heavy (non-hydrogen) atoms. The minimum absolute atomic E-state index is 0.105. The van der Waals surface area contributed by atoms with Crippen LogP contribution in [0.25, 0.3) is 0 Å². The van der Waals surface area contributed by atoms with Gasteiger partial charge in [0, 0.05) is 11.1 Å². The van der Waals surface area contributed by atoms with Crippen LogP contribution in [0, 0.1) is 10.1 Å². The maximum Gasteiger partial charge on any atom is 0.347 e. The lowest BCUT2D eigenvalue weighted by atomic mass is 10.2. The van der Waals surface area contributed by atoms with E-state index in [2.05, 4.69) is 5.32 Å². The number of rotatable bonds is 8. The van der Waals surface area contributed by atoms with E-state index in [0.29, 0.717) is 10.8 Å². The maximum absolute atomic E-state index is 12.0. The third-order valence-electron chi connectivity index (χ3n) is 3.47. The Morgan fingerprint density at radius 1 is 1.21 bits per heavy atom. The van der Waals surface area contributed by atoms with Crippen LogP contribution >= 0.6 is 11.6 Å². The number of hydrogen-bond donors (Lipinski definition) is 1. The fraction of sp³-hybridized carbons (Fsp3) is 0.222. The van der Waals surface area contributed by atoms with E-state index in [1.54, 1.807) is 24.3 Å². The molecule has 0 saturated carbocycles. The van der Waals surface area contributed by atoms with Crippen molar-refractivity contribution in [2.45, 2.75) is 13.0 Å². The van der Waals surface area contributed by atoms with Crippen LogP contribution in [-0.4, -0.2) is 36.6 Å². The van der Waals surface area contributed by atoms with E-state index in [4.69, 9.17) is 25.8 Å². The quantitative estimate of drug-likeness (QED) is 0.405. The van der Waals surface area contributed by atoms with E-state index in [0.717, 1.165) is 0 Å². The van der Waals surface area contributed by atoms with Gasteiger partial charge in [0.2, 0.25) is 0 Å². The standard InChI is InChI=1S/C18H17ClN2O7/c1-11(28-14-6-3-12(19)4-7-14)18(23)27-10-17(22)20-15-8-5-13(21(24)25)9-16(15)26-2/h3-9,11H,10H2,1-2H3,(H,20,22)/t11-/m1/s1. The molecular formula is C18H17ClN2O7. The molecule has 0 aliphatic heterocycles. The highest BCUT2D eigenvalue weighted by Gasteiger charge is 2.19. The Labute approximate surface area is 165 Å². The number of esters is 1. The second-order valence-corrected chi connectivity index (χ2v) is 5.95. The van der Waals surface area contributed by atoms with Crippen molar-refractivity contribution in [2.24, 2.45) is 0 Å². The molecule has 9 nitrogen and oxygen atoms in total. The molecule has 0 unspecified atom stereocenters. The first-order valence-electron chi connectivity index (χ1n) is 8.01. The number of hydrogen-bond acceptors (Lipinski definition) is 7. The molecule has 0 aliphatic rings. The molecule has 1 atom stereocenters. The number of nitro benzene ring substituents is 1. The van der Waals surface area contributed by atoms with Crippen LogP contribution in [0.2, 0.25) is 5.02 Å².